The van der Waals surface area contributed by atoms with Crippen molar-refractivity contribution in [1.82, 2.24) is 9.97 Å². The van der Waals surface area contributed by atoms with E-state index in [1.807, 2.05) is 0 Å². The average Bonchev–Trinajstić information content (AvgIpc) is 2.92. The highest BCUT2D eigenvalue weighted by Gasteiger charge is 2.20. The molecule has 112 valence electrons. The number of rotatable bonds is 3. The number of hydrogen-bond acceptors (Lipinski definition) is 3. The Morgan fingerprint density at radius 3 is 2.86 bits per heavy atom. The molecule has 0 amide bonds. The van der Waals surface area contributed by atoms with Gasteiger partial charge in [-0.1, -0.05) is 11.6 Å². The summed E-state index contributed by atoms with van der Waals surface area (Å²) in [6, 6.07) is 6.46. The standard InChI is InChI=1S/C14H8ClFIN3O2/c15-8-3-6(17)1-2-9(8)20-12-7(14(21)22)4-10-13(11(12)16)19-5-18-10/h1-5,20H,(H,18,19)(H,21,22). The van der Waals surface area contributed by atoms with Crippen LogP contribution in [0.25, 0.3) is 11.0 Å². The van der Waals surface area contributed by atoms with Gasteiger partial charge in [0.1, 0.15) is 5.52 Å². The molecule has 0 atom stereocenters. The molecule has 0 unspecified atom stereocenters. The summed E-state index contributed by atoms with van der Waals surface area (Å²) >= 11 is 8.20. The summed E-state index contributed by atoms with van der Waals surface area (Å²) in [4.78, 5) is 17.9. The monoisotopic (exact) mass is 431 g/mol. The van der Waals surface area contributed by atoms with Crippen LogP contribution in [0, 0.1) is 9.39 Å². The van der Waals surface area contributed by atoms with Crippen molar-refractivity contribution in [3.05, 3.63) is 50.6 Å². The Hall–Kier alpha value is -1.87. The molecule has 0 fully saturated rings. The second kappa shape index (κ2) is 5.73. The summed E-state index contributed by atoms with van der Waals surface area (Å²) in [6.07, 6.45) is 1.31. The van der Waals surface area contributed by atoms with Crippen LogP contribution in [0.5, 0.6) is 0 Å². The third-order valence-corrected chi connectivity index (χ3v) is 4.06. The van der Waals surface area contributed by atoms with E-state index in [1.54, 1.807) is 18.2 Å². The van der Waals surface area contributed by atoms with Gasteiger partial charge in [0.25, 0.3) is 0 Å². The summed E-state index contributed by atoms with van der Waals surface area (Å²) < 4.78 is 15.5. The van der Waals surface area contributed by atoms with Gasteiger partial charge in [-0.25, -0.2) is 14.2 Å². The van der Waals surface area contributed by atoms with E-state index in [-0.39, 0.29) is 16.8 Å². The molecule has 0 saturated carbocycles. The second-order valence-corrected chi connectivity index (χ2v) is 6.12. The summed E-state index contributed by atoms with van der Waals surface area (Å²) in [7, 11) is 0. The Morgan fingerprint density at radius 1 is 1.41 bits per heavy atom. The average molecular weight is 432 g/mol. The van der Waals surface area contributed by atoms with E-state index in [2.05, 4.69) is 37.9 Å². The number of fused-ring (bicyclic) bond motifs is 1. The number of imidazole rings is 1. The number of nitrogens with one attached hydrogen (secondary N) is 2. The first kappa shape index (κ1) is 15.0. The lowest BCUT2D eigenvalue weighted by molar-refractivity contribution is 0.0697. The summed E-state index contributed by atoms with van der Waals surface area (Å²) in [5.74, 6) is -2.00. The molecule has 0 bridgehead atoms. The molecule has 5 nitrogen and oxygen atoms in total. The number of benzene rings is 2. The van der Waals surface area contributed by atoms with Crippen LogP contribution in [0.15, 0.2) is 30.6 Å². The smallest absolute Gasteiger partial charge is 0.338 e. The van der Waals surface area contributed by atoms with Gasteiger partial charge < -0.3 is 15.4 Å². The molecule has 1 aromatic heterocycles. The molecule has 0 saturated heterocycles. The fourth-order valence-electron chi connectivity index (χ4n) is 2.06. The number of halogens is 3. The topological polar surface area (TPSA) is 78.0 Å². The van der Waals surface area contributed by atoms with Gasteiger partial charge in [-0.05, 0) is 46.9 Å². The summed E-state index contributed by atoms with van der Waals surface area (Å²) in [5.41, 5.74) is 0.417. The lowest BCUT2D eigenvalue weighted by Crippen LogP contribution is -2.06. The Balaban J connectivity index is 2.18. The summed E-state index contributed by atoms with van der Waals surface area (Å²) in [6.45, 7) is 0. The highest BCUT2D eigenvalue weighted by molar-refractivity contribution is 14.1. The predicted octanol–water partition coefficient (Wildman–Crippen LogP) is 4.40. The molecule has 3 N–H and O–H groups in total. The van der Waals surface area contributed by atoms with Crippen molar-refractivity contribution in [2.75, 3.05) is 5.32 Å². The van der Waals surface area contributed by atoms with Crippen molar-refractivity contribution in [3.8, 4) is 0 Å². The molecule has 0 aliphatic carbocycles. The fraction of sp³-hybridized carbons (Fsp3) is 0. The molecule has 0 radical (unpaired) electrons. The Morgan fingerprint density at radius 2 is 2.18 bits per heavy atom. The van der Waals surface area contributed by atoms with Crippen LogP contribution in [0.3, 0.4) is 0 Å². The molecular weight excluding hydrogens is 424 g/mol. The first-order valence-electron chi connectivity index (χ1n) is 6.08. The number of aromatic carboxylic acids is 1. The number of H-pyrrole nitrogens is 1. The van der Waals surface area contributed by atoms with Crippen molar-refractivity contribution < 1.29 is 14.3 Å². The lowest BCUT2D eigenvalue weighted by Gasteiger charge is -2.12. The number of carboxylic acids is 1. The molecular formula is C14H8ClFIN3O2. The van der Waals surface area contributed by atoms with Crippen molar-refractivity contribution in [2.24, 2.45) is 0 Å². The number of anilines is 2. The number of aromatic nitrogens is 2. The van der Waals surface area contributed by atoms with Crippen molar-refractivity contribution in [2.45, 2.75) is 0 Å². The first-order valence-corrected chi connectivity index (χ1v) is 7.54. The van der Waals surface area contributed by atoms with E-state index < -0.39 is 11.8 Å². The number of hydrogen-bond donors (Lipinski definition) is 3. The van der Waals surface area contributed by atoms with Crippen LogP contribution in [0.2, 0.25) is 5.02 Å². The Labute approximate surface area is 142 Å². The van der Waals surface area contributed by atoms with E-state index in [0.717, 1.165) is 3.57 Å². The number of aromatic amines is 1. The maximum Gasteiger partial charge on any atom is 0.338 e. The van der Waals surface area contributed by atoms with Crippen LogP contribution in [0.1, 0.15) is 10.4 Å². The van der Waals surface area contributed by atoms with Gasteiger partial charge >= 0.3 is 5.97 Å². The van der Waals surface area contributed by atoms with Gasteiger partial charge in [-0.15, -0.1) is 0 Å². The maximum atomic E-state index is 14.6. The molecule has 0 aliphatic rings. The molecule has 1 heterocycles. The lowest BCUT2D eigenvalue weighted by atomic mass is 10.1. The van der Waals surface area contributed by atoms with Crippen molar-refractivity contribution >= 4 is 62.6 Å². The third kappa shape index (κ3) is 2.61. The highest BCUT2D eigenvalue weighted by Crippen LogP contribution is 2.33. The van der Waals surface area contributed by atoms with E-state index in [0.29, 0.717) is 16.2 Å². The zero-order valence-corrected chi connectivity index (χ0v) is 13.7. The minimum Gasteiger partial charge on any atom is -0.478 e. The zero-order chi connectivity index (χ0) is 15.9. The largest absolute Gasteiger partial charge is 0.478 e. The molecule has 2 aromatic carbocycles. The van der Waals surface area contributed by atoms with Crippen molar-refractivity contribution in [1.29, 1.82) is 0 Å². The number of carboxylic acid groups (broad SMARTS) is 1. The van der Waals surface area contributed by atoms with Gasteiger partial charge in [0.05, 0.1) is 33.8 Å². The normalized spacial score (nSPS) is 10.9. The van der Waals surface area contributed by atoms with E-state index in [4.69, 9.17) is 11.6 Å². The van der Waals surface area contributed by atoms with Crippen LogP contribution >= 0.6 is 34.2 Å². The van der Waals surface area contributed by atoms with Crippen LogP contribution in [-0.4, -0.2) is 21.0 Å². The van der Waals surface area contributed by atoms with E-state index in [1.165, 1.54) is 12.4 Å². The van der Waals surface area contributed by atoms with Gasteiger partial charge in [-0.2, -0.15) is 0 Å². The van der Waals surface area contributed by atoms with E-state index in [9.17, 15) is 14.3 Å². The van der Waals surface area contributed by atoms with Crippen LogP contribution < -0.4 is 5.32 Å². The van der Waals surface area contributed by atoms with E-state index >= 15 is 0 Å². The Bertz CT molecular complexity index is 897. The fourth-order valence-corrected chi connectivity index (χ4v) is 2.96. The molecule has 8 heteroatoms. The first-order chi connectivity index (χ1) is 10.5. The van der Waals surface area contributed by atoms with Gasteiger partial charge in [0, 0.05) is 3.57 Å². The number of carbonyl (C=O) groups is 1. The molecule has 0 aliphatic heterocycles. The molecule has 0 spiro atoms. The van der Waals surface area contributed by atoms with Gasteiger partial charge in [-0.3, -0.25) is 0 Å². The van der Waals surface area contributed by atoms with Crippen LogP contribution in [0.4, 0.5) is 15.8 Å². The quantitative estimate of drug-likeness (QED) is 0.537. The molecule has 3 aromatic rings. The van der Waals surface area contributed by atoms with Crippen molar-refractivity contribution in [3.63, 3.8) is 0 Å². The van der Waals surface area contributed by atoms with Crippen LogP contribution in [-0.2, 0) is 0 Å². The molecule has 22 heavy (non-hydrogen) atoms. The summed E-state index contributed by atoms with van der Waals surface area (Å²) in [5, 5.41) is 12.4. The maximum absolute atomic E-state index is 14.6. The minimum atomic E-state index is -1.25. The van der Waals surface area contributed by atoms with Gasteiger partial charge in [0.15, 0.2) is 5.82 Å². The third-order valence-electron chi connectivity index (χ3n) is 3.08. The number of nitrogens with zero attached hydrogens (tertiary/aromatic N) is 1. The predicted molar refractivity (Wildman–Crippen MR) is 90.5 cm³/mol. The SMILES string of the molecule is O=C(O)c1cc2[nH]cnc2c(F)c1Nc1ccc(I)cc1Cl. The minimum absolute atomic E-state index is 0.0640. The zero-order valence-electron chi connectivity index (χ0n) is 10.8. The Kier molecular flexibility index (Phi) is 3.92. The second-order valence-electron chi connectivity index (χ2n) is 4.47. The molecule has 3 rings (SSSR count). The highest BCUT2D eigenvalue weighted by atomic mass is 127. The van der Waals surface area contributed by atoms with Gasteiger partial charge in [0.2, 0.25) is 0 Å².